The van der Waals surface area contributed by atoms with Gasteiger partial charge in [-0.05, 0) is 19.1 Å². The Bertz CT molecular complexity index is 419. The Morgan fingerprint density at radius 1 is 1.42 bits per heavy atom. The maximum Gasteiger partial charge on any atom is 0.234 e. The molecule has 104 valence electrons. The molecule has 1 fully saturated rings. The number of amides is 1. The smallest absolute Gasteiger partial charge is 0.234 e. The Hall–Kier alpha value is -1.59. The number of nitrogens with one attached hydrogen (secondary N) is 1. The first-order valence-corrected chi connectivity index (χ1v) is 6.50. The number of benzene rings is 1. The van der Waals surface area contributed by atoms with E-state index in [2.05, 4.69) is 5.32 Å². The summed E-state index contributed by atoms with van der Waals surface area (Å²) in [6.07, 6.45) is -0.591. The van der Waals surface area contributed by atoms with E-state index < -0.39 is 6.10 Å². The van der Waals surface area contributed by atoms with Crippen LogP contribution < -0.4 is 10.1 Å². The molecule has 0 radical (unpaired) electrons. The number of nitrogens with zero attached hydrogens (tertiary/aromatic N) is 1. The third kappa shape index (κ3) is 4.54. The summed E-state index contributed by atoms with van der Waals surface area (Å²) in [5, 5.41) is 12.7. The molecule has 0 spiro atoms. The molecule has 0 aromatic heterocycles. The first-order chi connectivity index (χ1) is 9.13. The normalized spacial score (nSPS) is 17.9. The van der Waals surface area contributed by atoms with Crippen molar-refractivity contribution in [1.29, 1.82) is 0 Å². The fourth-order valence-electron chi connectivity index (χ4n) is 2.02. The summed E-state index contributed by atoms with van der Waals surface area (Å²) in [7, 11) is 0. The van der Waals surface area contributed by atoms with Crippen molar-refractivity contribution in [2.45, 2.75) is 13.0 Å². The van der Waals surface area contributed by atoms with Gasteiger partial charge in [-0.3, -0.25) is 9.69 Å². The predicted molar refractivity (Wildman–Crippen MR) is 72.1 cm³/mol. The van der Waals surface area contributed by atoms with Crippen LogP contribution in [0.1, 0.15) is 5.56 Å². The summed E-state index contributed by atoms with van der Waals surface area (Å²) in [4.78, 5) is 13.1. The van der Waals surface area contributed by atoms with Gasteiger partial charge in [-0.1, -0.05) is 17.7 Å². The first-order valence-electron chi connectivity index (χ1n) is 6.50. The second-order valence-electron chi connectivity index (χ2n) is 4.86. The molecule has 0 saturated carbocycles. The van der Waals surface area contributed by atoms with Crippen molar-refractivity contribution in [1.82, 2.24) is 10.2 Å². The summed E-state index contributed by atoms with van der Waals surface area (Å²) in [5.74, 6) is 0.763. The van der Waals surface area contributed by atoms with Gasteiger partial charge in [0.15, 0.2) is 0 Å². The third-order valence-electron chi connectivity index (χ3n) is 3.05. The van der Waals surface area contributed by atoms with Crippen LogP contribution in [0.15, 0.2) is 24.3 Å². The SMILES string of the molecule is Cc1ccc(OCC(O)CN2CCNC(=O)C2)cc1. The van der Waals surface area contributed by atoms with Crippen molar-refractivity contribution in [2.24, 2.45) is 0 Å². The number of aliphatic hydroxyl groups excluding tert-OH is 1. The number of aryl methyl sites for hydroxylation is 1. The monoisotopic (exact) mass is 264 g/mol. The van der Waals surface area contributed by atoms with Crippen LogP contribution in [-0.2, 0) is 4.79 Å². The quantitative estimate of drug-likeness (QED) is 0.795. The van der Waals surface area contributed by atoms with Gasteiger partial charge < -0.3 is 15.2 Å². The maximum absolute atomic E-state index is 11.2. The van der Waals surface area contributed by atoms with E-state index in [0.29, 0.717) is 19.6 Å². The minimum absolute atomic E-state index is 0.0119. The van der Waals surface area contributed by atoms with Gasteiger partial charge in [0.1, 0.15) is 18.5 Å². The lowest BCUT2D eigenvalue weighted by atomic mass is 10.2. The van der Waals surface area contributed by atoms with E-state index in [4.69, 9.17) is 4.74 Å². The first kappa shape index (κ1) is 13.8. The van der Waals surface area contributed by atoms with Crippen molar-refractivity contribution in [3.05, 3.63) is 29.8 Å². The molecule has 1 aliphatic heterocycles. The second kappa shape index (κ2) is 6.54. The number of piperazine rings is 1. The topological polar surface area (TPSA) is 61.8 Å². The van der Waals surface area contributed by atoms with E-state index in [0.717, 1.165) is 12.3 Å². The van der Waals surface area contributed by atoms with Gasteiger partial charge in [-0.15, -0.1) is 0 Å². The summed E-state index contributed by atoms with van der Waals surface area (Å²) < 4.78 is 5.51. The molecular weight excluding hydrogens is 244 g/mol. The largest absolute Gasteiger partial charge is 0.491 e. The lowest BCUT2D eigenvalue weighted by Crippen LogP contribution is -2.50. The number of hydrogen-bond acceptors (Lipinski definition) is 4. The molecule has 2 N–H and O–H groups in total. The van der Waals surface area contributed by atoms with Crippen molar-refractivity contribution in [3.63, 3.8) is 0 Å². The molecule has 5 nitrogen and oxygen atoms in total. The molecule has 1 heterocycles. The highest BCUT2D eigenvalue weighted by Crippen LogP contribution is 2.11. The van der Waals surface area contributed by atoms with Crippen LogP contribution in [-0.4, -0.2) is 54.8 Å². The van der Waals surface area contributed by atoms with Gasteiger partial charge >= 0.3 is 0 Å². The van der Waals surface area contributed by atoms with Crippen LogP contribution in [0.3, 0.4) is 0 Å². The number of ether oxygens (including phenoxy) is 1. The average Bonchev–Trinajstić information content (AvgIpc) is 2.38. The minimum Gasteiger partial charge on any atom is -0.491 e. The summed E-state index contributed by atoms with van der Waals surface area (Å²) in [6.45, 7) is 4.47. The molecule has 2 rings (SSSR count). The summed E-state index contributed by atoms with van der Waals surface area (Å²) >= 11 is 0. The van der Waals surface area contributed by atoms with E-state index in [1.54, 1.807) is 0 Å². The molecule has 0 aliphatic carbocycles. The lowest BCUT2D eigenvalue weighted by Gasteiger charge is -2.28. The fourth-order valence-corrected chi connectivity index (χ4v) is 2.02. The van der Waals surface area contributed by atoms with Crippen LogP contribution in [0.25, 0.3) is 0 Å². The highest BCUT2D eigenvalue weighted by Gasteiger charge is 2.19. The number of carbonyl (C=O) groups excluding carboxylic acids is 1. The summed E-state index contributed by atoms with van der Waals surface area (Å²) in [5.41, 5.74) is 1.17. The van der Waals surface area contributed by atoms with Gasteiger partial charge in [0, 0.05) is 19.6 Å². The Balaban J connectivity index is 1.73. The number of carbonyl (C=O) groups is 1. The maximum atomic E-state index is 11.2. The van der Waals surface area contributed by atoms with Gasteiger partial charge in [0.25, 0.3) is 0 Å². The molecule has 1 aliphatic rings. The third-order valence-corrected chi connectivity index (χ3v) is 3.05. The van der Waals surface area contributed by atoms with E-state index in [-0.39, 0.29) is 12.5 Å². The van der Waals surface area contributed by atoms with Gasteiger partial charge in [-0.25, -0.2) is 0 Å². The molecule has 5 heteroatoms. The molecule has 1 amide bonds. The van der Waals surface area contributed by atoms with Crippen LogP contribution in [0.5, 0.6) is 5.75 Å². The predicted octanol–water partition coefficient (Wildman–Crippen LogP) is 0.167. The Morgan fingerprint density at radius 3 is 2.84 bits per heavy atom. The van der Waals surface area contributed by atoms with Crippen LogP contribution >= 0.6 is 0 Å². The molecule has 1 aromatic carbocycles. The number of aliphatic hydroxyl groups is 1. The molecule has 1 unspecified atom stereocenters. The molecule has 0 bridgehead atoms. The molecule has 19 heavy (non-hydrogen) atoms. The Morgan fingerprint density at radius 2 is 2.16 bits per heavy atom. The van der Waals surface area contributed by atoms with E-state index in [9.17, 15) is 9.90 Å². The van der Waals surface area contributed by atoms with Crippen molar-refractivity contribution >= 4 is 5.91 Å². The Kier molecular flexibility index (Phi) is 4.76. The Labute approximate surface area is 113 Å². The summed E-state index contributed by atoms with van der Waals surface area (Å²) in [6, 6.07) is 7.71. The number of hydrogen-bond donors (Lipinski definition) is 2. The average molecular weight is 264 g/mol. The van der Waals surface area contributed by atoms with Crippen molar-refractivity contribution in [3.8, 4) is 5.75 Å². The van der Waals surface area contributed by atoms with Gasteiger partial charge in [0.05, 0.1) is 6.54 Å². The van der Waals surface area contributed by atoms with Crippen molar-refractivity contribution < 1.29 is 14.6 Å². The lowest BCUT2D eigenvalue weighted by molar-refractivity contribution is -0.124. The highest BCUT2D eigenvalue weighted by atomic mass is 16.5. The fraction of sp³-hybridized carbons (Fsp3) is 0.500. The molecule has 1 aromatic rings. The van der Waals surface area contributed by atoms with E-state index in [1.165, 1.54) is 5.56 Å². The van der Waals surface area contributed by atoms with E-state index in [1.807, 2.05) is 36.1 Å². The van der Waals surface area contributed by atoms with Crippen LogP contribution in [0.4, 0.5) is 0 Å². The molecular formula is C14H20N2O3. The zero-order valence-corrected chi connectivity index (χ0v) is 11.1. The minimum atomic E-state index is -0.591. The second-order valence-corrected chi connectivity index (χ2v) is 4.86. The zero-order chi connectivity index (χ0) is 13.7. The van der Waals surface area contributed by atoms with Gasteiger partial charge in [0.2, 0.25) is 5.91 Å². The number of β-amino-alcohol motifs (C(OH)–C–C–N with tert-alkyl or cyclic N) is 1. The molecule has 1 saturated heterocycles. The highest BCUT2D eigenvalue weighted by molar-refractivity contribution is 5.78. The van der Waals surface area contributed by atoms with Crippen molar-refractivity contribution in [2.75, 3.05) is 32.8 Å². The van der Waals surface area contributed by atoms with Crippen LogP contribution in [0, 0.1) is 6.92 Å². The standard InChI is InChI=1S/C14H20N2O3/c1-11-2-4-13(5-3-11)19-10-12(17)8-16-7-6-15-14(18)9-16/h2-5,12,17H,6-10H2,1H3,(H,15,18). The van der Waals surface area contributed by atoms with Crippen LogP contribution in [0.2, 0.25) is 0 Å². The van der Waals surface area contributed by atoms with Gasteiger partial charge in [-0.2, -0.15) is 0 Å². The zero-order valence-electron chi connectivity index (χ0n) is 11.1. The number of rotatable bonds is 5. The van der Waals surface area contributed by atoms with E-state index >= 15 is 0 Å². The molecule has 1 atom stereocenters.